The molecule has 0 saturated heterocycles. The van der Waals surface area contributed by atoms with E-state index in [9.17, 15) is 15.0 Å². The molecule has 2 bridgehead atoms. The van der Waals surface area contributed by atoms with Crippen molar-refractivity contribution in [3.05, 3.63) is 0 Å². The minimum Gasteiger partial charge on any atom is -0.462 e. The zero-order valence-electron chi connectivity index (χ0n) is 16.9. The monoisotopic (exact) mass is 364 g/mol. The van der Waals surface area contributed by atoms with Gasteiger partial charge in [-0.3, -0.25) is 4.79 Å². The van der Waals surface area contributed by atoms with E-state index in [0.717, 1.165) is 44.9 Å². The molecular formula is C22H36O4. The molecule has 4 rings (SSSR count). The van der Waals surface area contributed by atoms with Gasteiger partial charge in [0, 0.05) is 12.3 Å². The van der Waals surface area contributed by atoms with E-state index in [4.69, 9.17) is 4.74 Å². The molecule has 148 valence electrons. The molecule has 4 heteroatoms. The van der Waals surface area contributed by atoms with Crippen molar-refractivity contribution in [3.63, 3.8) is 0 Å². The molecule has 0 amide bonds. The molecule has 0 unspecified atom stereocenters. The number of hydrogen-bond acceptors (Lipinski definition) is 4. The van der Waals surface area contributed by atoms with Crippen LogP contribution < -0.4 is 0 Å². The minimum atomic E-state index is -0.859. The number of rotatable bonds is 2. The van der Waals surface area contributed by atoms with E-state index in [1.807, 2.05) is 0 Å². The molecule has 4 nitrogen and oxygen atoms in total. The van der Waals surface area contributed by atoms with E-state index in [1.54, 1.807) is 0 Å². The largest absolute Gasteiger partial charge is 0.462 e. The van der Waals surface area contributed by atoms with Gasteiger partial charge in [0.1, 0.15) is 6.10 Å². The third-order valence-corrected chi connectivity index (χ3v) is 9.39. The maximum absolute atomic E-state index is 11.6. The molecule has 0 aromatic rings. The smallest absolute Gasteiger partial charge is 0.302 e. The predicted octanol–water partition coefficient (Wildman–Crippen LogP) is 3.68. The van der Waals surface area contributed by atoms with E-state index >= 15 is 0 Å². The number of aliphatic hydroxyl groups is 2. The fourth-order valence-electron chi connectivity index (χ4n) is 8.42. The van der Waals surface area contributed by atoms with E-state index in [0.29, 0.717) is 11.8 Å². The molecular weight excluding hydrogens is 328 g/mol. The lowest BCUT2D eigenvalue weighted by Gasteiger charge is -2.65. The number of esters is 1. The van der Waals surface area contributed by atoms with Crippen molar-refractivity contribution in [2.45, 2.75) is 90.8 Å². The molecule has 7 atom stereocenters. The van der Waals surface area contributed by atoms with Crippen molar-refractivity contribution in [3.8, 4) is 0 Å². The Morgan fingerprint density at radius 3 is 2.46 bits per heavy atom. The van der Waals surface area contributed by atoms with Gasteiger partial charge in [-0.05, 0) is 80.0 Å². The van der Waals surface area contributed by atoms with Crippen LogP contribution in [0.3, 0.4) is 0 Å². The fraction of sp³-hybridized carbons (Fsp3) is 0.955. The average molecular weight is 365 g/mol. The maximum Gasteiger partial charge on any atom is 0.302 e. The van der Waals surface area contributed by atoms with Crippen LogP contribution in [0, 0.1) is 34.0 Å². The first-order chi connectivity index (χ1) is 12.1. The van der Waals surface area contributed by atoms with Crippen LogP contribution in [0.15, 0.2) is 0 Å². The summed E-state index contributed by atoms with van der Waals surface area (Å²) >= 11 is 0. The minimum absolute atomic E-state index is 0.0109. The zero-order valence-corrected chi connectivity index (χ0v) is 16.9. The van der Waals surface area contributed by atoms with Gasteiger partial charge in [0.25, 0.3) is 0 Å². The van der Waals surface area contributed by atoms with Crippen LogP contribution in [-0.4, -0.2) is 34.5 Å². The average Bonchev–Trinajstić information content (AvgIpc) is 2.76. The van der Waals surface area contributed by atoms with Gasteiger partial charge >= 0.3 is 5.97 Å². The van der Waals surface area contributed by atoms with Gasteiger partial charge in [0.05, 0.1) is 12.2 Å². The van der Waals surface area contributed by atoms with Crippen LogP contribution in [-0.2, 0) is 9.53 Å². The summed E-state index contributed by atoms with van der Waals surface area (Å²) in [5.74, 6) is 1.27. The summed E-state index contributed by atoms with van der Waals surface area (Å²) in [5, 5.41) is 20.9. The van der Waals surface area contributed by atoms with E-state index < -0.39 is 5.60 Å². The van der Waals surface area contributed by atoms with Crippen LogP contribution in [0.2, 0.25) is 0 Å². The third-order valence-electron chi connectivity index (χ3n) is 9.39. The molecule has 4 fully saturated rings. The van der Waals surface area contributed by atoms with E-state index in [2.05, 4.69) is 20.8 Å². The Hall–Kier alpha value is -0.610. The van der Waals surface area contributed by atoms with E-state index in [-0.39, 0.29) is 40.8 Å². The van der Waals surface area contributed by atoms with Gasteiger partial charge in [0.15, 0.2) is 0 Å². The Morgan fingerprint density at radius 1 is 1.08 bits per heavy atom. The van der Waals surface area contributed by atoms with Crippen LogP contribution in [0.25, 0.3) is 0 Å². The highest BCUT2D eigenvalue weighted by Crippen LogP contribution is 2.72. The first kappa shape index (κ1) is 18.7. The zero-order chi connectivity index (χ0) is 19.0. The molecule has 0 aromatic heterocycles. The SMILES string of the molecule is CC(=O)O[C@@H]1CC[C@]2(C)[C@H](CC[C@@]34C[C@H](CC[C@H]32)[C@@](O)(CO)C4)C1(C)C. The van der Waals surface area contributed by atoms with Crippen molar-refractivity contribution in [2.75, 3.05) is 6.61 Å². The second-order valence-corrected chi connectivity index (χ2v) is 10.9. The Balaban J connectivity index is 1.66. The standard InChI is InChI=1S/C22H36O4/c1-14(24)26-18-8-9-20(4)16(19(18,2)3)7-10-21-11-15(5-6-17(20)21)22(25,12-21)13-23/h15-18,23,25H,5-13H2,1-4H3/t15-,16+,17-,18+,20+,21-,22-/m0/s1. The number of aliphatic hydroxyl groups excluding tert-OH is 1. The van der Waals surface area contributed by atoms with Gasteiger partial charge in [-0.1, -0.05) is 20.8 Å². The lowest BCUT2D eigenvalue weighted by atomic mass is 9.41. The van der Waals surface area contributed by atoms with Crippen molar-refractivity contribution < 1.29 is 19.7 Å². The van der Waals surface area contributed by atoms with Crippen LogP contribution >= 0.6 is 0 Å². The lowest BCUT2D eigenvalue weighted by molar-refractivity contribution is -0.197. The molecule has 4 saturated carbocycles. The van der Waals surface area contributed by atoms with Crippen molar-refractivity contribution in [2.24, 2.45) is 34.0 Å². The summed E-state index contributed by atoms with van der Waals surface area (Å²) in [5.41, 5.74) is -0.425. The molecule has 0 radical (unpaired) electrons. The topological polar surface area (TPSA) is 66.8 Å². The third kappa shape index (κ3) is 2.37. The highest BCUT2D eigenvalue weighted by molar-refractivity contribution is 5.66. The molecule has 0 aromatic carbocycles. The predicted molar refractivity (Wildman–Crippen MR) is 99.3 cm³/mol. The molecule has 4 aliphatic rings. The Kier molecular flexibility index (Phi) is 4.11. The summed E-state index contributed by atoms with van der Waals surface area (Å²) in [7, 11) is 0. The number of ether oxygens (including phenoxy) is 1. The van der Waals surface area contributed by atoms with E-state index in [1.165, 1.54) is 13.3 Å². The highest BCUT2D eigenvalue weighted by Gasteiger charge is 2.68. The Labute approximate surface area is 157 Å². The maximum atomic E-state index is 11.6. The van der Waals surface area contributed by atoms with Crippen molar-refractivity contribution >= 4 is 5.97 Å². The Morgan fingerprint density at radius 2 is 1.81 bits per heavy atom. The van der Waals surface area contributed by atoms with Gasteiger partial charge in [-0.25, -0.2) is 0 Å². The molecule has 4 aliphatic carbocycles. The summed E-state index contributed by atoms with van der Waals surface area (Å²) in [4.78, 5) is 11.6. The highest BCUT2D eigenvalue weighted by atomic mass is 16.5. The number of hydrogen-bond donors (Lipinski definition) is 2. The fourth-order valence-corrected chi connectivity index (χ4v) is 8.42. The number of carbonyl (C=O) groups is 1. The second-order valence-electron chi connectivity index (χ2n) is 10.9. The van der Waals surface area contributed by atoms with Crippen molar-refractivity contribution in [1.82, 2.24) is 0 Å². The normalized spacial score (nSPS) is 52.1. The van der Waals surface area contributed by atoms with Crippen LogP contribution in [0.1, 0.15) is 79.1 Å². The van der Waals surface area contributed by atoms with Crippen molar-refractivity contribution in [1.29, 1.82) is 0 Å². The van der Waals surface area contributed by atoms with Gasteiger partial charge in [-0.2, -0.15) is 0 Å². The second kappa shape index (κ2) is 5.70. The van der Waals surface area contributed by atoms with Crippen LogP contribution in [0.5, 0.6) is 0 Å². The quantitative estimate of drug-likeness (QED) is 0.734. The summed E-state index contributed by atoms with van der Waals surface area (Å²) in [6.07, 6.45) is 8.44. The summed E-state index contributed by atoms with van der Waals surface area (Å²) in [6, 6.07) is 0. The summed E-state index contributed by atoms with van der Waals surface area (Å²) < 4.78 is 5.73. The molecule has 2 N–H and O–H groups in total. The lowest BCUT2D eigenvalue weighted by Crippen LogP contribution is -2.59. The number of carbonyl (C=O) groups excluding carboxylic acids is 1. The molecule has 1 spiro atoms. The first-order valence-corrected chi connectivity index (χ1v) is 10.6. The molecule has 26 heavy (non-hydrogen) atoms. The van der Waals surface area contributed by atoms with Gasteiger partial charge in [-0.15, -0.1) is 0 Å². The Bertz CT molecular complexity index is 601. The van der Waals surface area contributed by atoms with Gasteiger partial charge in [0.2, 0.25) is 0 Å². The number of fused-ring (bicyclic) bond motifs is 3. The molecule has 0 aliphatic heterocycles. The molecule has 0 heterocycles. The van der Waals surface area contributed by atoms with Crippen LogP contribution in [0.4, 0.5) is 0 Å². The van der Waals surface area contributed by atoms with Gasteiger partial charge < -0.3 is 14.9 Å². The first-order valence-electron chi connectivity index (χ1n) is 10.6. The summed E-state index contributed by atoms with van der Waals surface area (Å²) in [6.45, 7) is 8.50.